The Labute approximate surface area is 87.2 Å². The summed E-state index contributed by atoms with van der Waals surface area (Å²) in [5.74, 6) is -0.128. The number of furan rings is 1. The average molecular weight is 257 g/mol. The molecule has 72 valence electrons. The van der Waals surface area contributed by atoms with E-state index in [-0.39, 0.29) is 11.7 Å². The summed E-state index contributed by atoms with van der Waals surface area (Å²) in [5, 5.41) is 5.99. The molecule has 0 radical (unpaired) electrons. The number of hydrogen-bond donors (Lipinski definition) is 1. The van der Waals surface area contributed by atoms with Crippen LogP contribution in [0, 0.1) is 0 Å². The molecule has 0 aliphatic rings. The summed E-state index contributed by atoms with van der Waals surface area (Å²) in [6.07, 6.45) is 2.73. The standard InChI is InChI=1S/C8H5BrN2O3/c9-7-2-1-6(14-7)8(12)11-5-3-10-13-4-5/h1-4H,(H,11,12). The van der Waals surface area contributed by atoms with Gasteiger partial charge >= 0.3 is 0 Å². The van der Waals surface area contributed by atoms with Crippen LogP contribution >= 0.6 is 15.9 Å². The van der Waals surface area contributed by atoms with Gasteiger partial charge in [0.15, 0.2) is 10.4 Å². The number of amides is 1. The Morgan fingerprint density at radius 2 is 2.36 bits per heavy atom. The molecule has 1 N–H and O–H groups in total. The number of carbonyl (C=O) groups is 1. The van der Waals surface area contributed by atoms with E-state index in [1.807, 2.05) is 0 Å². The van der Waals surface area contributed by atoms with E-state index in [1.165, 1.54) is 12.5 Å². The van der Waals surface area contributed by atoms with E-state index in [1.54, 1.807) is 12.1 Å². The second kappa shape index (κ2) is 3.67. The van der Waals surface area contributed by atoms with Gasteiger partial charge in [0.05, 0.1) is 6.20 Å². The summed E-state index contributed by atoms with van der Waals surface area (Å²) in [6, 6.07) is 3.20. The van der Waals surface area contributed by atoms with Crippen LogP contribution in [-0.2, 0) is 0 Å². The first-order chi connectivity index (χ1) is 6.75. The lowest BCUT2D eigenvalue weighted by atomic mass is 10.4. The first kappa shape index (κ1) is 9.01. The van der Waals surface area contributed by atoms with Crippen molar-refractivity contribution in [3.63, 3.8) is 0 Å². The molecule has 0 aliphatic heterocycles. The van der Waals surface area contributed by atoms with Crippen LogP contribution in [0.25, 0.3) is 0 Å². The first-order valence-corrected chi connectivity index (χ1v) is 4.51. The monoisotopic (exact) mass is 256 g/mol. The van der Waals surface area contributed by atoms with Gasteiger partial charge in [0.2, 0.25) is 0 Å². The molecule has 1 amide bonds. The van der Waals surface area contributed by atoms with Crippen LogP contribution in [0.3, 0.4) is 0 Å². The number of carbonyl (C=O) groups excluding carboxylic acids is 1. The molecular weight excluding hydrogens is 252 g/mol. The highest BCUT2D eigenvalue weighted by Gasteiger charge is 2.10. The van der Waals surface area contributed by atoms with Crippen molar-refractivity contribution in [3.8, 4) is 0 Å². The normalized spacial score (nSPS) is 10.1. The van der Waals surface area contributed by atoms with E-state index in [9.17, 15) is 4.79 Å². The number of hydrogen-bond acceptors (Lipinski definition) is 4. The molecule has 2 rings (SSSR count). The SMILES string of the molecule is O=C(Nc1cnoc1)c1ccc(Br)o1. The number of anilines is 1. The van der Waals surface area contributed by atoms with Gasteiger partial charge in [-0.15, -0.1) is 0 Å². The van der Waals surface area contributed by atoms with Gasteiger partial charge in [0.1, 0.15) is 12.0 Å². The molecule has 0 saturated heterocycles. The van der Waals surface area contributed by atoms with Crippen LogP contribution in [0.4, 0.5) is 5.69 Å². The van der Waals surface area contributed by atoms with Gasteiger partial charge in [-0.05, 0) is 28.1 Å². The van der Waals surface area contributed by atoms with Crippen LogP contribution < -0.4 is 5.32 Å². The number of rotatable bonds is 2. The number of aromatic nitrogens is 1. The van der Waals surface area contributed by atoms with Crippen LogP contribution in [-0.4, -0.2) is 11.1 Å². The molecule has 0 bridgehead atoms. The maximum absolute atomic E-state index is 11.4. The van der Waals surface area contributed by atoms with E-state index in [2.05, 4.69) is 30.9 Å². The van der Waals surface area contributed by atoms with E-state index in [4.69, 9.17) is 4.42 Å². The highest BCUT2D eigenvalue weighted by Crippen LogP contribution is 2.15. The molecule has 2 heterocycles. The van der Waals surface area contributed by atoms with Gasteiger partial charge in [-0.25, -0.2) is 0 Å². The molecule has 0 fully saturated rings. The largest absolute Gasteiger partial charge is 0.444 e. The molecule has 5 nitrogen and oxygen atoms in total. The van der Waals surface area contributed by atoms with E-state index < -0.39 is 0 Å². The lowest BCUT2D eigenvalue weighted by Gasteiger charge is -1.96. The minimum Gasteiger partial charge on any atom is -0.444 e. The first-order valence-electron chi connectivity index (χ1n) is 3.72. The Kier molecular flexibility index (Phi) is 2.36. The molecule has 2 aromatic heterocycles. The molecule has 0 spiro atoms. The predicted octanol–water partition coefficient (Wildman–Crippen LogP) is 2.28. The third-order valence-corrected chi connectivity index (χ3v) is 1.91. The maximum Gasteiger partial charge on any atom is 0.291 e. The third kappa shape index (κ3) is 1.85. The molecule has 14 heavy (non-hydrogen) atoms. The van der Waals surface area contributed by atoms with Crippen molar-refractivity contribution in [2.24, 2.45) is 0 Å². The van der Waals surface area contributed by atoms with Crippen molar-refractivity contribution in [2.75, 3.05) is 5.32 Å². The zero-order valence-electron chi connectivity index (χ0n) is 6.86. The summed E-state index contributed by atoms with van der Waals surface area (Å²) in [6.45, 7) is 0. The Morgan fingerprint density at radius 1 is 1.50 bits per heavy atom. The highest BCUT2D eigenvalue weighted by molar-refractivity contribution is 9.10. The minimum absolute atomic E-state index is 0.220. The van der Waals surface area contributed by atoms with Crippen molar-refractivity contribution in [2.45, 2.75) is 0 Å². The van der Waals surface area contributed by atoms with Gasteiger partial charge in [0.25, 0.3) is 5.91 Å². The lowest BCUT2D eigenvalue weighted by Crippen LogP contribution is -2.09. The van der Waals surface area contributed by atoms with Crippen molar-refractivity contribution < 1.29 is 13.7 Å². The van der Waals surface area contributed by atoms with Crippen molar-refractivity contribution >= 4 is 27.5 Å². The van der Waals surface area contributed by atoms with E-state index in [0.717, 1.165) is 0 Å². The summed E-state index contributed by atoms with van der Waals surface area (Å²) < 4.78 is 10.1. The number of halogens is 1. The fraction of sp³-hybridized carbons (Fsp3) is 0. The highest BCUT2D eigenvalue weighted by atomic mass is 79.9. The minimum atomic E-state index is -0.348. The summed E-state index contributed by atoms with van der Waals surface area (Å²) in [7, 11) is 0. The molecule has 0 unspecified atom stereocenters. The van der Waals surface area contributed by atoms with Gasteiger partial charge in [0, 0.05) is 0 Å². The average Bonchev–Trinajstić information content (AvgIpc) is 2.75. The Balaban J connectivity index is 2.10. The number of nitrogens with zero attached hydrogens (tertiary/aromatic N) is 1. The fourth-order valence-corrected chi connectivity index (χ4v) is 1.20. The summed E-state index contributed by atoms with van der Waals surface area (Å²) in [5.41, 5.74) is 0.488. The van der Waals surface area contributed by atoms with Crippen LogP contribution in [0.2, 0.25) is 0 Å². The molecule has 0 aliphatic carbocycles. The summed E-state index contributed by atoms with van der Waals surface area (Å²) in [4.78, 5) is 11.4. The molecule has 0 aromatic carbocycles. The molecule has 0 saturated carbocycles. The van der Waals surface area contributed by atoms with E-state index >= 15 is 0 Å². The van der Waals surface area contributed by atoms with Crippen molar-refractivity contribution in [1.29, 1.82) is 0 Å². The Morgan fingerprint density at radius 3 is 2.93 bits per heavy atom. The van der Waals surface area contributed by atoms with Crippen molar-refractivity contribution in [3.05, 3.63) is 35.0 Å². The van der Waals surface area contributed by atoms with Gasteiger partial charge in [-0.2, -0.15) is 0 Å². The Bertz CT molecular complexity index is 435. The topological polar surface area (TPSA) is 68.3 Å². The van der Waals surface area contributed by atoms with E-state index in [0.29, 0.717) is 10.4 Å². The zero-order valence-corrected chi connectivity index (χ0v) is 8.45. The van der Waals surface area contributed by atoms with Crippen LogP contribution in [0.5, 0.6) is 0 Å². The lowest BCUT2D eigenvalue weighted by molar-refractivity contribution is 0.0995. The molecular formula is C8H5BrN2O3. The zero-order chi connectivity index (χ0) is 9.97. The quantitative estimate of drug-likeness (QED) is 0.895. The second-order valence-corrected chi connectivity index (χ2v) is 3.25. The molecule has 2 aromatic rings. The van der Waals surface area contributed by atoms with Gasteiger partial charge < -0.3 is 14.3 Å². The second-order valence-electron chi connectivity index (χ2n) is 2.47. The molecule has 0 atom stereocenters. The maximum atomic E-state index is 11.4. The molecule has 6 heteroatoms. The van der Waals surface area contributed by atoms with Gasteiger partial charge in [-0.1, -0.05) is 5.16 Å². The predicted molar refractivity (Wildman–Crippen MR) is 50.9 cm³/mol. The number of nitrogens with one attached hydrogen (secondary N) is 1. The fourth-order valence-electron chi connectivity index (χ4n) is 0.896. The van der Waals surface area contributed by atoms with Crippen LogP contribution in [0.1, 0.15) is 10.6 Å². The van der Waals surface area contributed by atoms with Crippen LogP contribution in [0.15, 0.2) is 38.2 Å². The summed E-state index contributed by atoms with van der Waals surface area (Å²) >= 11 is 3.10. The Hall–Kier alpha value is -1.56. The smallest absolute Gasteiger partial charge is 0.291 e. The van der Waals surface area contributed by atoms with Crippen molar-refractivity contribution in [1.82, 2.24) is 5.16 Å². The van der Waals surface area contributed by atoms with Gasteiger partial charge in [-0.3, -0.25) is 4.79 Å². The third-order valence-electron chi connectivity index (χ3n) is 1.49.